The van der Waals surface area contributed by atoms with Gasteiger partial charge >= 0.3 is 0 Å². The van der Waals surface area contributed by atoms with E-state index in [0.717, 1.165) is 6.42 Å². The summed E-state index contributed by atoms with van der Waals surface area (Å²) in [5.74, 6) is 6.59. The normalized spacial score (nSPS) is 26.8. The SMILES string of the molecule is CC1CCCC(NC(=O)c2ccccc2NN)C1C. The Bertz CT molecular complexity index is 447. The van der Waals surface area contributed by atoms with Crippen LogP contribution in [0.3, 0.4) is 0 Å². The van der Waals surface area contributed by atoms with Crippen molar-refractivity contribution >= 4 is 11.6 Å². The number of nitrogens with two attached hydrogens (primary N) is 1. The number of nitrogen functional groups attached to an aromatic ring is 1. The summed E-state index contributed by atoms with van der Waals surface area (Å²) in [6.45, 7) is 4.49. The van der Waals surface area contributed by atoms with Crippen molar-refractivity contribution in [1.29, 1.82) is 0 Å². The molecule has 0 spiro atoms. The lowest BCUT2D eigenvalue weighted by atomic mass is 9.78. The molecule has 19 heavy (non-hydrogen) atoms. The quantitative estimate of drug-likeness (QED) is 0.578. The van der Waals surface area contributed by atoms with Gasteiger partial charge in [-0.3, -0.25) is 10.6 Å². The molecule has 4 N–H and O–H groups in total. The smallest absolute Gasteiger partial charge is 0.253 e. The molecule has 1 fully saturated rings. The fourth-order valence-corrected chi connectivity index (χ4v) is 2.84. The van der Waals surface area contributed by atoms with E-state index in [-0.39, 0.29) is 11.9 Å². The molecule has 4 heteroatoms. The van der Waals surface area contributed by atoms with E-state index < -0.39 is 0 Å². The van der Waals surface area contributed by atoms with Crippen LogP contribution in [-0.4, -0.2) is 11.9 Å². The van der Waals surface area contributed by atoms with E-state index in [0.29, 0.717) is 23.1 Å². The van der Waals surface area contributed by atoms with Crippen LogP contribution in [0.1, 0.15) is 43.5 Å². The monoisotopic (exact) mass is 261 g/mol. The second kappa shape index (κ2) is 6.06. The first-order chi connectivity index (χ1) is 9.13. The van der Waals surface area contributed by atoms with Crippen LogP contribution in [-0.2, 0) is 0 Å². The third-order valence-electron chi connectivity index (χ3n) is 4.35. The minimum atomic E-state index is -0.0421. The number of hydrogen-bond acceptors (Lipinski definition) is 3. The van der Waals surface area contributed by atoms with Crippen molar-refractivity contribution in [3.8, 4) is 0 Å². The molecule has 1 aromatic rings. The summed E-state index contributed by atoms with van der Waals surface area (Å²) >= 11 is 0. The first-order valence-electron chi connectivity index (χ1n) is 7.00. The second-order valence-corrected chi connectivity index (χ2v) is 5.54. The van der Waals surface area contributed by atoms with Crippen LogP contribution in [0.2, 0.25) is 0 Å². The van der Waals surface area contributed by atoms with Gasteiger partial charge in [0.2, 0.25) is 0 Å². The minimum absolute atomic E-state index is 0.0421. The van der Waals surface area contributed by atoms with Crippen molar-refractivity contribution in [3.05, 3.63) is 29.8 Å². The zero-order valence-corrected chi connectivity index (χ0v) is 11.6. The molecule has 3 atom stereocenters. The van der Waals surface area contributed by atoms with E-state index in [2.05, 4.69) is 24.6 Å². The number of hydrogen-bond donors (Lipinski definition) is 3. The van der Waals surface area contributed by atoms with Crippen molar-refractivity contribution < 1.29 is 4.79 Å². The van der Waals surface area contributed by atoms with Crippen molar-refractivity contribution in [3.63, 3.8) is 0 Å². The first-order valence-corrected chi connectivity index (χ1v) is 7.00. The molecule has 4 nitrogen and oxygen atoms in total. The van der Waals surface area contributed by atoms with Crippen molar-refractivity contribution in [2.24, 2.45) is 17.7 Å². The molecule has 3 unspecified atom stereocenters. The summed E-state index contributed by atoms with van der Waals surface area (Å²) in [5, 5.41) is 3.16. The molecule has 0 aromatic heterocycles. The Balaban J connectivity index is 2.08. The van der Waals surface area contributed by atoms with Gasteiger partial charge in [-0.05, 0) is 30.4 Å². The third-order valence-corrected chi connectivity index (χ3v) is 4.35. The molecular formula is C15H23N3O. The molecule has 0 aliphatic heterocycles. The van der Waals surface area contributed by atoms with Gasteiger partial charge in [-0.25, -0.2) is 0 Å². The lowest BCUT2D eigenvalue weighted by Crippen LogP contribution is -2.43. The Morgan fingerprint density at radius 3 is 2.74 bits per heavy atom. The maximum atomic E-state index is 12.3. The molecule has 1 saturated carbocycles. The summed E-state index contributed by atoms with van der Waals surface area (Å²) in [4.78, 5) is 12.3. The lowest BCUT2D eigenvalue weighted by molar-refractivity contribution is 0.0892. The van der Waals surface area contributed by atoms with Crippen LogP contribution in [0.15, 0.2) is 24.3 Å². The predicted octanol–water partition coefficient (Wildman–Crippen LogP) is 2.53. The molecule has 0 heterocycles. The highest BCUT2D eigenvalue weighted by molar-refractivity contribution is 5.99. The Kier molecular flexibility index (Phi) is 4.43. The van der Waals surface area contributed by atoms with Crippen molar-refractivity contribution in [2.75, 3.05) is 5.43 Å². The van der Waals surface area contributed by atoms with Gasteiger partial charge in [-0.15, -0.1) is 0 Å². The van der Waals surface area contributed by atoms with Crippen LogP contribution in [0.25, 0.3) is 0 Å². The molecule has 0 bridgehead atoms. The Morgan fingerprint density at radius 2 is 2.00 bits per heavy atom. The number of carbonyl (C=O) groups excluding carboxylic acids is 1. The van der Waals surface area contributed by atoms with Gasteiger partial charge in [0, 0.05) is 6.04 Å². The topological polar surface area (TPSA) is 67.2 Å². The number of amides is 1. The van der Waals surface area contributed by atoms with Crippen LogP contribution < -0.4 is 16.6 Å². The van der Waals surface area contributed by atoms with Crippen LogP contribution in [0.5, 0.6) is 0 Å². The maximum Gasteiger partial charge on any atom is 0.253 e. The summed E-state index contributed by atoms with van der Waals surface area (Å²) in [6, 6.07) is 7.57. The number of para-hydroxylation sites is 1. The van der Waals surface area contributed by atoms with Gasteiger partial charge in [0.15, 0.2) is 0 Å². The summed E-state index contributed by atoms with van der Waals surface area (Å²) in [7, 11) is 0. The average molecular weight is 261 g/mol. The van der Waals surface area contributed by atoms with Crippen molar-refractivity contribution in [2.45, 2.75) is 39.2 Å². The van der Waals surface area contributed by atoms with E-state index >= 15 is 0 Å². The van der Waals surface area contributed by atoms with Gasteiger partial charge in [0.1, 0.15) is 0 Å². The fourth-order valence-electron chi connectivity index (χ4n) is 2.84. The zero-order valence-electron chi connectivity index (χ0n) is 11.6. The molecule has 1 amide bonds. The largest absolute Gasteiger partial charge is 0.349 e. The van der Waals surface area contributed by atoms with E-state index in [4.69, 9.17) is 5.84 Å². The Labute approximate surface area is 114 Å². The van der Waals surface area contributed by atoms with Crippen LogP contribution in [0.4, 0.5) is 5.69 Å². The second-order valence-electron chi connectivity index (χ2n) is 5.54. The number of benzene rings is 1. The van der Waals surface area contributed by atoms with Gasteiger partial charge in [-0.1, -0.05) is 38.8 Å². The number of hydrazine groups is 1. The highest BCUT2D eigenvalue weighted by Gasteiger charge is 2.28. The average Bonchev–Trinajstić information content (AvgIpc) is 2.43. The molecule has 1 aliphatic rings. The summed E-state index contributed by atoms with van der Waals surface area (Å²) < 4.78 is 0. The standard InChI is InChI=1S/C15H23N3O/c1-10-6-5-9-13(11(10)2)17-15(19)12-7-3-4-8-14(12)18-16/h3-4,7-8,10-11,13,18H,5-6,9,16H2,1-2H3,(H,17,19). The molecule has 2 rings (SSSR count). The highest BCUT2D eigenvalue weighted by atomic mass is 16.1. The fraction of sp³-hybridized carbons (Fsp3) is 0.533. The highest BCUT2D eigenvalue weighted by Crippen LogP contribution is 2.29. The maximum absolute atomic E-state index is 12.3. The predicted molar refractivity (Wildman–Crippen MR) is 77.7 cm³/mol. The molecule has 0 saturated heterocycles. The number of nitrogens with one attached hydrogen (secondary N) is 2. The molecular weight excluding hydrogens is 238 g/mol. The van der Waals surface area contributed by atoms with Crippen LogP contribution >= 0.6 is 0 Å². The van der Waals surface area contributed by atoms with Gasteiger partial charge in [-0.2, -0.15) is 0 Å². The molecule has 1 aromatic carbocycles. The summed E-state index contributed by atoms with van der Waals surface area (Å²) in [5.41, 5.74) is 3.84. The van der Waals surface area contributed by atoms with Crippen LogP contribution in [0, 0.1) is 11.8 Å². The number of rotatable bonds is 3. The number of anilines is 1. The minimum Gasteiger partial charge on any atom is -0.349 e. The van der Waals surface area contributed by atoms with Crippen molar-refractivity contribution in [1.82, 2.24) is 5.32 Å². The van der Waals surface area contributed by atoms with E-state index in [1.165, 1.54) is 12.8 Å². The van der Waals surface area contributed by atoms with E-state index in [1.54, 1.807) is 6.07 Å². The van der Waals surface area contributed by atoms with Gasteiger partial charge < -0.3 is 10.7 Å². The van der Waals surface area contributed by atoms with Gasteiger partial charge in [0.25, 0.3) is 5.91 Å². The number of carbonyl (C=O) groups is 1. The molecule has 0 radical (unpaired) electrons. The summed E-state index contributed by atoms with van der Waals surface area (Å²) in [6.07, 6.45) is 3.51. The first kappa shape index (κ1) is 13.9. The van der Waals surface area contributed by atoms with E-state index in [1.807, 2.05) is 18.2 Å². The molecule has 1 aliphatic carbocycles. The van der Waals surface area contributed by atoms with E-state index in [9.17, 15) is 4.79 Å². The Hall–Kier alpha value is -1.55. The lowest BCUT2D eigenvalue weighted by Gasteiger charge is -2.34. The zero-order chi connectivity index (χ0) is 13.8. The Morgan fingerprint density at radius 1 is 1.26 bits per heavy atom. The third kappa shape index (κ3) is 3.07. The molecule has 104 valence electrons. The van der Waals surface area contributed by atoms with Gasteiger partial charge in [0.05, 0.1) is 11.3 Å².